The van der Waals surface area contributed by atoms with Gasteiger partial charge in [-0.1, -0.05) is 54.8 Å². The molecule has 1 unspecified atom stereocenters. The van der Waals surface area contributed by atoms with Crippen molar-refractivity contribution in [3.8, 4) is 0 Å². The van der Waals surface area contributed by atoms with Crippen LogP contribution in [0.5, 0.6) is 0 Å². The summed E-state index contributed by atoms with van der Waals surface area (Å²) in [6.07, 6.45) is 6.42. The molecule has 1 fully saturated rings. The molecule has 1 atom stereocenters. The van der Waals surface area contributed by atoms with E-state index in [0.717, 1.165) is 17.4 Å². The largest absolute Gasteiger partial charge is 0.324 e. The van der Waals surface area contributed by atoms with Gasteiger partial charge in [-0.2, -0.15) is 0 Å². The first-order valence-electron chi connectivity index (χ1n) is 8.32. The van der Waals surface area contributed by atoms with E-state index in [1.54, 1.807) is 0 Å². The predicted octanol–water partition coefficient (Wildman–Crippen LogP) is 4.74. The molecule has 0 aromatic heterocycles. The fourth-order valence-corrected chi connectivity index (χ4v) is 3.67. The summed E-state index contributed by atoms with van der Waals surface area (Å²) in [6, 6.07) is 8.57. The molecule has 1 saturated heterocycles. The number of benzene rings is 1. The molecule has 0 saturated carbocycles. The van der Waals surface area contributed by atoms with E-state index < -0.39 is 0 Å². The van der Waals surface area contributed by atoms with E-state index in [0.29, 0.717) is 5.41 Å². The first-order chi connectivity index (χ1) is 10.1. The summed E-state index contributed by atoms with van der Waals surface area (Å²) >= 11 is 3.47. The third kappa shape index (κ3) is 4.54. The molecule has 1 aliphatic rings. The van der Waals surface area contributed by atoms with E-state index >= 15 is 0 Å². The van der Waals surface area contributed by atoms with Crippen LogP contribution in [-0.4, -0.2) is 24.5 Å². The van der Waals surface area contributed by atoms with Crippen LogP contribution in [0.2, 0.25) is 0 Å². The highest BCUT2D eigenvalue weighted by molar-refractivity contribution is 9.10. The van der Waals surface area contributed by atoms with Crippen LogP contribution < -0.4 is 5.73 Å². The smallest absolute Gasteiger partial charge is 0.0307 e. The maximum atomic E-state index is 6.33. The summed E-state index contributed by atoms with van der Waals surface area (Å²) in [5.74, 6) is 0. The number of hydrogen-bond donors (Lipinski definition) is 1. The van der Waals surface area contributed by atoms with Gasteiger partial charge in [-0.15, -0.1) is 0 Å². The monoisotopic (exact) mass is 352 g/mol. The molecule has 0 spiro atoms. The SMILES string of the molecule is CCC1(CC)CCN(CCC(N)c2ccc(Br)cc2)CC1. The Balaban J connectivity index is 1.78. The second kappa shape index (κ2) is 7.75. The van der Waals surface area contributed by atoms with Crippen molar-refractivity contribution in [1.29, 1.82) is 0 Å². The second-order valence-corrected chi connectivity index (χ2v) is 7.41. The van der Waals surface area contributed by atoms with Crippen LogP contribution in [0.4, 0.5) is 0 Å². The van der Waals surface area contributed by atoms with Crippen LogP contribution in [0, 0.1) is 5.41 Å². The summed E-state index contributed by atoms with van der Waals surface area (Å²) in [6.45, 7) is 8.31. The number of hydrogen-bond acceptors (Lipinski definition) is 2. The van der Waals surface area contributed by atoms with Gasteiger partial charge in [0.25, 0.3) is 0 Å². The Morgan fingerprint density at radius 2 is 1.71 bits per heavy atom. The van der Waals surface area contributed by atoms with Gasteiger partial charge in [0.1, 0.15) is 0 Å². The quantitative estimate of drug-likeness (QED) is 0.800. The van der Waals surface area contributed by atoms with Crippen LogP contribution in [0.25, 0.3) is 0 Å². The van der Waals surface area contributed by atoms with E-state index in [2.05, 4.69) is 58.9 Å². The standard InChI is InChI=1S/C18H29BrN2/c1-3-18(4-2)10-13-21(14-11-18)12-9-17(20)15-5-7-16(19)8-6-15/h5-8,17H,3-4,9-14,20H2,1-2H3. The van der Waals surface area contributed by atoms with Crippen LogP contribution in [0.3, 0.4) is 0 Å². The van der Waals surface area contributed by atoms with Crippen molar-refractivity contribution in [3.63, 3.8) is 0 Å². The predicted molar refractivity (Wildman–Crippen MR) is 94.4 cm³/mol. The van der Waals surface area contributed by atoms with E-state index in [9.17, 15) is 0 Å². The molecule has 0 radical (unpaired) electrons. The third-order valence-electron chi connectivity index (χ3n) is 5.47. The average molecular weight is 353 g/mol. The molecule has 0 aliphatic carbocycles. The molecular formula is C18H29BrN2. The van der Waals surface area contributed by atoms with E-state index in [-0.39, 0.29) is 6.04 Å². The molecule has 118 valence electrons. The van der Waals surface area contributed by atoms with Gasteiger partial charge in [0.15, 0.2) is 0 Å². The zero-order valence-corrected chi connectivity index (χ0v) is 15.0. The highest BCUT2D eigenvalue weighted by Crippen LogP contribution is 2.37. The third-order valence-corrected chi connectivity index (χ3v) is 6.00. The van der Waals surface area contributed by atoms with Gasteiger partial charge in [0.05, 0.1) is 0 Å². The number of likely N-dealkylation sites (tertiary alicyclic amines) is 1. The molecule has 3 heteroatoms. The number of piperidine rings is 1. The van der Waals surface area contributed by atoms with Gasteiger partial charge in [-0.25, -0.2) is 0 Å². The van der Waals surface area contributed by atoms with Gasteiger partial charge in [-0.05, 0) is 62.0 Å². The molecule has 2 rings (SSSR count). The van der Waals surface area contributed by atoms with Gasteiger partial charge in [0, 0.05) is 10.5 Å². The van der Waals surface area contributed by atoms with E-state index in [1.807, 2.05) is 0 Å². The van der Waals surface area contributed by atoms with E-state index in [4.69, 9.17) is 5.73 Å². The number of nitrogens with zero attached hydrogens (tertiary/aromatic N) is 1. The summed E-state index contributed by atoms with van der Waals surface area (Å²) in [5, 5.41) is 0. The zero-order valence-electron chi connectivity index (χ0n) is 13.4. The van der Waals surface area contributed by atoms with Crippen molar-refractivity contribution in [2.75, 3.05) is 19.6 Å². The van der Waals surface area contributed by atoms with Crippen LogP contribution >= 0.6 is 15.9 Å². The molecule has 2 N–H and O–H groups in total. The lowest BCUT2D eigenvalue weighted by molar-refractivity contribution is 0.0934. The molecule has 1 aliphatic heterocycles. The minimum Gasteiger partial charge on any atom is -0.324 e. The second-order valence-electron chi connectivity index (χ2n) is 6.50. The maximum absolute atomic E-state index is 6.33. The Kier molecular flexibility index (Phi) is 6.27. The lowest BCUT2D eigenvalue weighted by Gasteiger charge is -2.41. The summed E-state index contributed by atoms with van der Waals surface area (Å²) < 4.78 is 1.12. The highest BCUT2D eigenvalue weighted by Gasteiger charge is 2.30. The van der Waals surface area contributed by atoms with Gasteiger partial charge < -0.3 is 10.6 Å². The topological polar surface area (TPSA) is 29.3 Å². The van der Waals surface area contributed by atoms with Crippen LogP contribution in [-0.2, 0) is 0 Å². The first kappa shape index (κ1) is 17.0. The molecule has 1 heterocycles. The minimum absolute atomic E-state index is 0.155. The lowest BCUT2D eigenvalue weighted by Crippen LogP contribution is -2.40. The van der Waals surface area contributed by atoms with Crippen molar-refractivity contribution in [2.24, 2.45) is 11.1 Å². The number of halogens is 1. The summed E-state index contributed by atoms with van der Waals surface area (Å²) in [7, 11) is 0. The van der Waals surface area contributed by atoms with Crippen molar-refractivity contribution >= 4 is 15.9 Å². The minimum atomic E-state index is 0.155. The molecule has 0 amide bonds. The molecule has 1 aromatic carbocycles. The molecular weight excluding hydrogens is 324 g/mol. The van der Waals surface area contributed by atoms with Crippen LogP contribution in [0.1, 0.15) is 57.6 Å². The Morgan fingerprint density at radius 1 is 1.14 bits per heavy atom. The fourth-order valence-electron chi connectivity index (χ4n) is 3.41. The lowest BCUT2D eigenvalue weighted by atomic mass is 9.74. The molecule has 1 aromatic rings. The number of nitrogens with two attached hydrogens (primary N) is 1. The van der Waals surface area contributed by atoms with Crippen LogP contribution in [0.15, 0.2) is 28.7 Å². The summed E-state index contributed by atoms with van der Waals surface area (Å²) in [5.41, 5.74) is 8.18. The zero-order chi connectivity index (χ0) is 15.3. The fraction of sp³-hybridized carbons (Fsp3) is 0.667. The summed E-state index contributed by atoms with van der Waals surface area (Å²) in [4.78, 5) is 2.60. The van der Waals surface area contributed by atoms with Crippen molar-refractivity contribution < 1.29 is 0 Å². The Labute approximate surface area is 138 Å². The van der Waals surface area contributed by atoms with Gasteiger partial charge >= 0.3 is 0 Å². The number of rotatable bonds is 6. The average Bonchev–Trinajstić information content (AvgIpc) is 2.54. The normalized spacial score (nSPS) is 20.4. The van der Waals surface area contributed by atoms with Crippen molar-refractivity contribution in [2.45, 2.75) is 52.0 Å². The van der Waals surface area contributed by atoms with E-state index in [1.165, 1.54) is 44.3 Å². The Bertz CT molecular complexity index is 415. The highest BCUT2D eigenvalue weighted by atomic mass is 79.9. The Hall–Kier alpha value is -0.380. The van der Waals surface area contributed by atoms with Crippen molar-refractivity contribution in [3.05, 3.63) is 34.3 Å². The Morgan fingerprint density at radius 3 is 2.24 bits per heavy atom. The molecule has 2 nitrogen and oxygen atoms in total. The van der Waals surface area contributed by atoms with Crippen molar-refractivity contribution in [1.82, 2.24) is 4.90 Å². The van der Waals surface area contributed by atoms with Gasteiger partial charge in [-0.3, -0.25) is 0 Å². The molecule has 21 heavy (non-hydrogen) atoms. The maximum Gasteiger partial charge on any atom is 0.0307 e. The van der Waals surface area contributed by atoms with Gasteiger partial charge in [0.2, 0.25) is 0 Å². The molecule has 0 bridgehead atoms. The first-order valence-corrected chi connectivity index (χ1v) is 9.11.